The van der Waals surface area contributed by atoms with Gasteiger partial charge in [0, 0.05) is 6.54 Å². The number of nitrogens with one attached hydrogen (secondary N) is 1. The summed E-state index contributed by atoms with van der Waals surface area (Å²) in [5, 5.41) is 8.96. The lowest BCUT2D eigenvalue weighted by atomic mass is 9.88. The lowest BCUT2D eigenvalue weighted by molar-refractivity contribution is 0.0696. The number of sulfonamides is 1. The van der Waals surface area contributed by atoms with Gasteiger partial charge in [0.25, 0.3) is 0 Å². The summed E-state index contributed by atoms with van der Waals surface area (Å²) >= 11 is 0. The van der Waals surface area contributed by atoms with Crippen LogP contribution in [0.25, 0.3) is 0 Å². The molecule has 0 amide bonds. The quantitative estimate of drug-likeness (QED) is 0.869. The minimum Gasteiger partial charge on any atom is -0.478 e. The smallest absolute Gasteiger partial charge is 0.335 e. The Bertz CT molecular complexity index is 660. The molecule has 0 aliphatic heterocycles. The van der Waals surface area contributed by atoms with Gasteiger partial charge in [0.05, 0.1) is 10.5 Å². The summed E-state index contributed by atoms with van der Waals surface area (Å²) < 4.78 is 40.3. The van der Waals surface area contributed by atoms with Crippen molar-refractivity contribution in [3.05, 3.63) is 29.3 Å². The number of aryl methyl sites for hydroxylation is 1. The van der Waals surface area contributed by atoms with Crippen molar-refractivity contribution in [2.24, 2.45) is 5.92 Å². The Hall–Kier alpha value is -1.47. The normalized spacial score (nSPS) is 22.5. The fraction of sp³-hybridized carbons (Fsp3) is 0.533. The van der Waals surface area contributed by atoms with Gasteiger partial charge in [-0.2, -0.15) is 0 Å². The van der Waals surface area contributed by atoms with Gasteiger partial charge in [-0.3, -0.25) is 0 Å². The SMILES string of the molecule is Cc1cc(S(=O)(=O)NCC2CCCC(F)C2)ccc1C(=O)O. The second kappa shape index (κ2) is 6.75. The van der Waals surface area contributed by atoms with Crippen molar-refractivity contribution in [2.45, 2.75) is 43.7 Å². The molecule has 0 radical (unpaired) electrons. The molecule has 0 saturated heterocycles. The highest BCUT2D eigenvalue weighted by Gasteiger charge is 2.24. The first-order chi connectivity index (χ1) is 10.3. The molecule has 0 bridgehead atoms. The van der Waals surface area contributed by atoms with Crippen molar-refractivity contribution in [2.75, 3.05) is 6.54 Å². The van der Waals surface area contributed by atoms with Gasteiger partial charge < -0.3 is 5.11 Å². The van der Waals surface area contributed by atoms with Crippen LogP contribution in [0.2, 0.25) is 0 Å². The number of hydrogen-bond acceptors (Lipinski definition) is 3. The number of carboxylic acids is 1. The number of rotatable bonds is 5. The summed E-state index contributed by atoms with van der Waals surface area (Å²) in [4.78, 5) is 11.0. The van der Waals surface area contributed by atoms with Crippen LogP contribution in [0.4, 0.5) is 4.39 Å². The van der Waals surface area contributed by atoms with E-state index in [9.17, 15) is 17.6 Å². The maximum Gasteiger partial charge on any atom is 0.335 e. The third-order valence-corrected chi connectivity index (χ3v) is 5.44. The van der Waals surface area contributed by atoms with Crippen LogP contribution in [-0.2, 0) is 10.0 Å². The molecule has 1 aromatic rings. The van der Waals surface area contributed by atoms with Crippen molar-refractivity contribution in [3.8, 4) is 0 Å². The summed E-state index contributed by atoms with van der Waals surface area (Å²) in [5.41, 5.74) is 0.461. The molecular weight excluding hydrogens is 309 g/mol. The van der Waals surface area contributed by atoms with E-state index < -0.39 is 22.2 Å². The highest BCUT2D eigenvalue weighted by molar-refractivity contribution is 7.89. The lowest BCUT2D eigenvalue weighted by Gasteiger charge is -2.24. The van der Waals surface area contributed by atoms with Gasteiger partial charge in [0.1, 0.15) is 6.17 Å². The van der Waals surface area contributed by atoms with Gasteiger partial charge in [-0.25, -0.2) is 22.3 Å². The summed E-state index contributed by atoms with van der Waals surface area (Å²) in [5.74, 6) is -1.08. The maximum absolute atomic E-state index is 13.3. The van der Waals surface area contributed by atoms with Gasteiger partial charge in [0.2, 0.25) is 10.0 Å². The standard InChI is InChI=1S/C15H20FNO4S/c1-10-7-13(5-6-14(10)15(18)19)22(20,21)17-9-11-3-2-4-12(16)8-11/h5-7,11-12,17H,2-4,8-9H2,1H3,(H,18,19). The molecular formula is C15H20FNO4S. The number of halogens is 1. The summed E-state index contributed by atoms with van der Waals surface area (Å²) in [6, 6.07) is 3.90. The average molecular weight is 329 g/mol. The molecule has 1 aliphatic carbocycles. The van der Waals surface area contributed by atoms with E-state index in [-0.39, 0.29) is 22.9 Å². The number of carboxylic acid groups (broad SMARTS) is 1. The molecule has 2 atom stereocenters. The third kappa shape index (κ3) is 4.04. The molecule has 2 unspecified atom stereocenters. The van der Waals surface area contributed by atoms with E-state index in [0.29, 0.717) is 18.4 Å². The van der Waals surface area contributed by atoms with Crippen LogP contribution < -0.4 is 4.72 Å². The highest BCUT2D eigenvalue weighted by atomic mass is 32.2. The average Bonchev–Trinajstić information content (AvgIpc) is 2.45. The minimum absolute atomic E-state index is 0.0120. The zero-order chi connectivity index (χ0) is 16.3. The molecule has 22 heavy (non-hydrogen) atoms. The van der Waals surface area contributed by atoms with E-state index in [0.717, 1.165) is 12.8 Å². The first kappa shape index (κ1) is 16.9. The molecule has 0 heterocycles. The molecule has 1 fully saturated rings. The van der Waals surface area contributed by atoms with Crippen molar-refractivity contribution < 1.29 is 22.7 Å². The Labute approximate surface area is 129 Å². The van der Waals surface area contributed by atoms with Gasteiger partial charge in [-0.15, -0.1) is 0 Å². The largest absolute Gasteiger partial charge is 0.478 e. The Morgan fingerprint density at radius 3 is 2.73 bits per heavy atom. The number of benzene rings is 1. The first-order valence-corrected chi connectivity index (χ1v) is 8.75. The zero-order valence-electron chi connectivity index (χ0n) is 12.4. The van der Waals surface area contributed by atoms with E-state index in [2.05, 4.69) is 4.72 Å². The van der Waals surface area contributed by atoms with Crippen molar-refractivity contribution in [1.29, 1.82) is 0 Å². The molecule has 0 aromatic heterocycles. The summed E-state index contributed by atoms with van der Waals surface area (Å²) in [6.45, 7) is 1.76. The fourth-order valence-corrected chi connectivity index (χ4v) is 3.97. The lowest BCUT2D eigenvalue weighted by Crippen LogP contribution is -2.32. The van der Waals surface area contributed by atoms with Crippen LogP contribution in [0, 0.1) is 12.8 Å². The van der Waals surface area contributed by atoms with E-state index in [1.54, 1.807) is 6.92 Å². The first-order valence-electron chi connectivity index (χ1n) is 7.27. The van der Waals surface area contributed by atoms with E-state index in [4.69, 9.17) is 5.11 Å². The molecule has 0 spiro atoms. The number of hydrogen-bond donors (Lipinski definition) is 2. The second-order valence-electron chi connectivity index (χ2n) is 5.76. The molecule has 7 heteroatoms. The number of carbonyl (C=O) groups is 1. The van der Waals surface area contributed by atoms with Crippen LogP contribution in [0.3, 0.4) is 0 Å². The predicted octanol–water partition coefficient (Wildman–Crippen LogP) is 2.50. The van der Waals surface area contributed by atoms with E-state index >= 15 is 0 Å². The molecule has 5 nitrogen and oxygen atoms in total. The Morgan fingerprint density at radius 2 is 2.14 bits per heavy atom. The fourth-order valence-electron chi connectivity index (χ4n) is 2.76. The van der Waals surface area contributed by atoms with Crippen LogP contribution in [0.15, 0.2) is 23.1 Å². The molecule has 1 saturated carbocycles. The van der Waals surface area contributed by atoms with Gasteiger partial charge in [0.15, 0.2) is 0 Å². The van der Waals surface area contributed by atoms with Crippen LogP contribution in [0.5, 0.6) is 0 Å². The van der Waals surface area contributed by atoms with Gasteiger partial charge in [-0.05, 0) is 55.9 Å². The molecule has 1 aromatic carbocycles. The Morgan fingerprint density at radius 1 is 1.41 bits per heavy atom. The van der Waals surface area contributed by atoms with Gasteiger partial charge in [-0.1, -0.05) is 6.42 Å². The molecule has 2 rings (SSSR count). The number of aromatic carboxylic acids is 1. The predicted molar refractivity (Wildman–Crippen MR) is 80.2 cm³/mol. The Kier molecular flexibility index (Phi) is 5.18. The number of alkyl halides is 1. The topological polar surface area (TPSA) is 83.5 Å². The summed E-state index contributed by atoms with van der Waals surface area (Å²) in [7, 11) is -3.71. The molecule has 1 aliphatic rings. The van der Waals surface area contributed by atoms with E-state index in [1.165, 1.54) is 18.2 Å². The highest BCUT2D eigenvalue weighted by Crippen LogP contribution is 2.26. The van der Waals surface area contributed by atoms with Crippen LogP contribution in [-0.4, -0.2) is 32.2 Å². The van der Waals surface area contributed by atoms with E-state index in [1.807, 2.05) is 0 Å². The zero-order valence-corrected chi connectivity index (χ0v) is 13.2. The monoisotopic (exact) mass is 329 g/mol. The summed E-state index contributed by atoms with van der Waals surface area (Å²) in [6.07, 6.45) is 1.69. The van der Waals surface area contributed by atoms with Crippen molar-refractivity contribution in [3.63, 3.8) is 0 Å². The molecule has 2 N–H and O–H groups in total. The molecule has 122 valence electrons. The maximum atomic E-state index is 13.3. The Balaban J connectivity index is 2.07. The minimum atomic E-state index is -3.71. The van der Waals surface area contributed by atoms with Gasteiger partial charge >= 0.3 is 5.97 Å². The van der Waals surface area contributed by atoms with Crippen molar-refractivity contribution in [1.82, 2.24) is 4.72 Å². The second-order valence-corrected chi connectivity index (χ2v) is 7.53. The van der Waals surface area contributed by atoms with Crippen molar-refractivity contribution >= 4 is 16.0 Å². The van der Waals surface area contributed by atoms with Crippen LogP contribution in [0.1, 0.15) is 41.6 Å². The third-order valence-electron chi connectivity index (χ3n) is 4.02. The van der Waals surface area contributed by atoms with Crippen LogP contribution >= 0.6 is 0 Å².